The topological polar surface area (TPSA) is 93.7 Å². The van der Waals surface area contributed by atoms with Crippen molar-refractivity contribution >= 4 is 27.3 Å². The lowest BCUT2D eigenvalue weighted by Crippen LogP contribution is -2.28. The van der Waals surface area contributed by atoms with Gasteiger partial charge < -0.3 is 14.8 Å². The second kappa shape index (κ2) is 9.15. The molecule has 2 aromatic rings. The number of halogens is 3. The standard InChI is InChI=1S/C20H21F3N2O5S/c1-29-17-12-15(24-19(26)13-7-9-30-10-8-13)5-6-18(17)31(27,28)25-16-4-2-3-14(11-16)20(21,22)23/h2-6,11-13,25H,7-10H2,1H3,(H,24,26). The summed E-state index contributed by atoms with van der Waals surface area (Å²) in [6.45, 7) is 1.000. The van der Waals surface area contributed by atoms with Crippen molar-refractivity contribution in [2.45, 2.75) is 23.9 Å². The maximum absolute atomic E-state index is 12.9. The lowest BCUT2D eigenvalue weighted by atomic mass is 9.99. The van der Waals surface area contributed by atoms with Gasteiger partial charge in [-0.1, -0.05) is 6.07 Å². The van der Waals surface area contributed by atoms with Crippen molar-refractivity contribution < 1.29 is 35.9 Å². The SMILES string of the molecule is COc1cc(NC(=O)C2CCOCC2)ccc1S(=O)(=O)Nc1cccc(C(F)(F)F)c1. The maximum Gasteiger partial charge on any atom is 0.416 e. The number of amides is 1. The van der Waals surface area contributed by atoms with Gasteiger partial charge in [0.2, 0.25) is 5.91 Å². The Morgan fingerprint density at radius 1 is 1.10 bits per heavy atom. The molecule has 1 aliphatic rings. The van der Waals surface area contributed by atoms with Crippen molar-refractivity contribution in [1.29, 1.82) is 0 Å². The summed E-state index contributed by atoms with van der Waals surface area (Å²) in [6.07, 6.45) is -3.42. The van der Waals surface area contributed by atoms with Crippen molar-refractivity contribution in [2.75, 3.05) is 30.4 Å². The fraction of sp³-hybridized carbons (Fsp3) is 0.350. The van der Waals surface area contributed by atoms with E-state index in [9.17, 15) is 26.4 Å². The second-order valence-electron chi connectivity index (χ2n) is 6.93. The first kappa shape index (κ1) is 22.9. The summed E-state index contributed by atoms with van der Waals surface area (Å²) in [5, 5.41) is 2.72. The van der Waals surface area contributed by atoms with Crippen LogP contribution in [0.3, 0.4) is 0 Å². The third-order valence-electron chi connectivity index (χ3n) is 4.75. The number of hydrogen-bond acceptors (Lipinski definition) is 5. The maximum atomic E-state index is 12.9. The van der Waals surface area contributed by atoms with E-state index in [2.05, 4.69) is 10.0 Å². The zero-order valence-corrected chi connectivity index (χ0v) is 17.3. The summed E-state index contributed by atoms with van der Waals surface area (Å²) in [7, 11) is -3.00. The molecule has 1 amide bonds. The molecular weight excluding hydrogens is 437 g/mol. The number of methoxy groups -OCH3 is 1. The minimum atomic E-state index is -4.61. The van der Waals surface area contributed by atoms with Crippen LogP contribution < -0.4 is 14.8 Å². The van der Waals surface area contributed by atoms with E-state index in [1.54, 1.807) is 0 Å². The molecule has 1 saturated heterocycles. The molecule has 0 radical (unpaired) electrons. The molecule has 1 aliphatic heterocycles. The van der Waals surface area contributed by atoms with E-state index < -0.39 is 21.8 Å². The molecule has 0 spiro atoms. The van der Waals surface area contributed by atoms with Gasteiger partial charge >= 0.3 is 6.18 Å². The molecule has 2 N–H and O–H groups in total. The first-order chi connectivity index (χ1) is 14.6. The summed E-state index contributed by atoms with van der Waals surface area (Å²) in [6, 6.07) is 7.81. The zero-order valence-electron chi connectivity index (χ0n) is 16.5. The summed E-state index contributed by atoms with van der Waals surface area (Å²) < 4.78 is 76.7. The van der Waals surface area contributed by atoms with Crippen LogP contribution >= 0.6 is 0 Å². The van der Waals surface area contributed by atoms with Gasteiger partial charge in [0.25, 0.3) is 10.0 Å². The van der Waals surface area contributed by atoms with Crippen molar-refractivity contribution in [3.63, 3.8) is 0 Å². The first-order valence-electron chi connectivity index (χ1n) is 9.37. The van der Waals surface area contributed by atoms with Crippen LogP contribution in [0.5, 0.6) is 5.75 Å². The van der Waals surface area contributed by atoms with Gasteiger partial charge in [-0.2, -0.15) is 13.2 Å². The molecule has 3 rings (SSSR count). The van der Waals surface area contributed by atoms with E-state index >= 15 is 0 Å². The average molecular weight is 458 g/mol. The fourth-order valence-electron chi connectivity index (χ4n) is 3.14. The lowest BCUT2D eigenvalue weighted by Gasteiger charge is -2.21. The largest absolute Gasteiger partial charge is 0.495 e. The molecule has 0 bridgehead atoms. The normalized spacial score (nSPS) is 15.4. The Hall–Kier alpha value is -2.79. The first-order valence-corrected chi connectivity index (χ1v) is 10.9. The zero-order chi connectivity index (χ0) is 22.6. The quantitative estimate of drug-likeness (QED) is 0.685. The van der Waals surface area contributed by atoms with Crippen molar-refractivity contribution in [3.05, 3.63) is 48.0 Å². The minimum absolute atomic E-state index is 0.0655. The summed E-state index contributed by atoms with van der Waals surface area (Å²) in [4.78, 5) is 12.1. The molecule has 11 heteroatoms. The number of benzene rings is 2. The van der Waals surface area contributed by atoms with E-state index in [4.69, 9.17) is 9.47 Å². The highest BCUT2D eigenvalue weighted by atomic mass is 32.2. The third-order valence-corrected chi connectivity index (χ3v) is 6.18. The van der Waals surface area contributed by atoms with Gasteiger partial charge in [-0.25, -0.2) is 8.42 Å². The Morgan fingerprint density at radius 2 is 1.81 bits per heavy atom. The number of carbonyl (C=O) groups is 1. The van der Waals surface area contributed by atoms with Gasteiger partial charge in [0, 0.05) is 36.6 Å². The number of alkyl halides is 3. The van der Waals surface area contributed by atoms with Gasteiger partial charge in [0.05, 0.1) is 12.7 Å². The molecule has 168 valence electrons. The highest BCUT2D eigenvalue weighted by Gasteiger charge is 2.31. The Kier molecular flexibility index (Phi) is 6.75. The Bertz CT molecular complexity index is 1050. The third kappa shape index (κ3) is 5.67. The van der Waals surface area contributed by atoms with Gasteiger partial charge in [0.1, 0.15) is 10.6 Å². The average Bonchev–Trinajstić information content (AvgIpc) is 2.73. The number of sulfonamides is 1. The van der Waals surface area contributed by atoms with Crippen LogP contribution in [0.15, 0.2) is 47.4 Å². The number of hydrogen-bond donors (Lipinski definition) is 2. The number of nitrogens with one attached hydrogen (secondary N) is 2. The van der Waals surface area contributed by atoms with Crippen LogP contribution in [0.1, 0.15) is 18.4 Å². The minimum Gasteiger partial charge on any atom is -0.495 e. The van der Waals surface area contributed by atoms with Gasteiger partial charge in [-0.05, 0) is 43.2 Å². The van der Waals surface area contributed by atoms with Gasteiger partial charge in [0.15, 0.2) is 0 Å². The molecule has 31 heavy (non-hydrogen) atoms. The van der Waals surface area contributed by atoms with Gasteiger partial charge in [-0.15, -0.1) is 0 Å². The fourth-order valence-corrected chi connectivity index (χ4v) is 4.34. The number of ether oxygens (including phenoxy) is 2. The van der Waals surface area contributed by atoms with Gasteiger partial charge in [-0.3, -0.25) is 9.52 Å². The summed E-state index contributed by atoms with van der Waals surface area (Å²) in [5.74, 6) is -0.474. The van der Waals surface area contributed by atoms with Crippen molar-refractivity contribution in [3.8, 4) is 5.75 Å². The molecule has 7 nitrogen and oxygen atoms in total. The molecule has 1 fully saturated rings. The van der Waals surface area contributed by atoms with E-state index in [0.717, 1.165) is 12.1 Å². The van der Waals surface area contributed by atoms with E-state index in [1.807, 2.05) is 0 Å². The predicted molar refractivity (Wildman–Crippen MR) is 107 cm³/mol. The molecule has 0 aromatic heterocycles. The molecular formula is C20H21F3N2O5S. The summed E-state index contributed by atoms with van der Waals surface area (Å²) in [5.41, 5.74) is -0.883. The van der Waals surface area contributed by atoms with Crippen LogP contribution in [0.25, 0.3) is 0 Å². The monoisotopic (exact) mass is 458 g/mol. The van der Waals surface area contributed by atoms with Crippen LogP contribution in [-0.4, -0.2) is 34.6 Å². The van der Waals surface area contributed by atoms with Crippen LogP contribution in [0, 0.1) is 5.92 Å². The molecule has 1 heterocycles. The number of carbonyl (C=O) groups excluding carboxylic acids is 1. The van der Waals surface area contributed by atoms with Crippen LogP contribution in [0.4, 0.5) is 24.5 Å². The van der Waals surface area contributed by atoms with E-state index in [1.165, 1.54) is 31.4 Å². The summed E-state index contributed by atoms with van der Waals surface area (Å²) >= 11 is 0. The molecule has 0 atom stereocenters. The smallest absolute Gasteiger partial charge is 0.416 e. The second-order valence-corrected chi connectivity index (χ2v) is 8.58. The van der Waals surface area contributed by atoms with Crippen molar-refractivity contribution in [1.82, 2.24) is 0 Å². The Labute approximate surface area is 177 Å². The predicted octanol–water partition coefficient (Wildman–Crippen LogP) is 3.88. The number of rotatable bonds is 6. The highest BCUT2D eigenvalue weighted by molar-refractivity contribution is 7.92. The Morgan fingerprint density at radius 3 is 2.45 bits per heavy atom. The van der Waals surface area contributed by atoms with E-state index in [-0.39, 0.29) is 28.2 Å². The van der Waals surface area contributed by atoms with Crippen LogP contribution in [-0.2, 0) is 25.7 Å². The molecule has 0 aliphatic carbocycles. The highest BCUT2D eigenvalue weighted by Crippen LogP contribution is 2.33. The molecule has 0 saturated carbocycles. The molecule has 2 aromatic carbocycles. The molecule has 0 unspecified atom stereocenters. The lowest BCUT2D eigenvalue weighted by molar-refractivity contribution is -0.137. The van der Waals surface area contributed by atoms with E-state index in [0.29, 0.717) is 37.8 Å². The van der Waals surface area contributed by atoms with Crippen molar-refractivity contribution in [2.24, 2.45) is 5.92 Å². The number of anilines is 2. The van der Waals surface area contributed by atoms with Crippen LogP contribution in [0.2, 0.25) is 0 Å². The Balaban J connectivity index is 1.80.